The van der Waals surface area contributed by atoms with Crippen molar-refractivity contribution < 1.29 is 13.5 Å². The van der Waals surface area contributed by atoms with Crippen molar-refractivity contribution in [3.63, 3.8) is 0 Å². The van der Waals surface area contributed by atoms with E-state index < -0.39 is 10.0 Å². The zero-order chi connectivity index (χ0) is 15.0. The number of halogens is 1. The fourth-order valence-electron chi connectivity index (χ4n) is 2.33. The maximum absolute atomic E-state index is 12.8. The van der Waals surface area contributed by atoms with Gasteiger partial charge in [0.15, 0.2) is 0 Å². The van der Waals surface area contributed by atoms with Crippen LogP contribution in [0.5, 0.6) is 0 Å². The van der Waals surface area contributed by atoms with Gasteiger partial charge in [0.25, 0.3) is 10.0 Å². The van der Waals surface area contributed by atoms with Crippen molar-refractivity contribution in [2.45, 2.75) is 11.5 Å². The second-order valence-electron chi connectivity index (χ2n) is 4.53. The smallest absolute Gasteiger partial charge is 0.269 e. The van der Waals surface area contributed by atoms with E-state index in [-0.39, 0.29) is 16.7 Å². The summed E-state index contributed by atoms with van der Waals surface area (Å²) in [5.41, 5.74) is 0.863. The van der Waals surface area contributed by atoms with Crippen LogP contribution in [-0.4, -0.2) is 17.5 Å². The van der Waals surface area contributed by atoms with Crippen molar-refractivity contribution in [3.05, 3.63) is 65.3 Å². The molecule has 1 aromatic heterocycles. The molecule has 6 heteroatoms. The molecule has 0 unspecified atom stereocenters. The van der Waals surface area contributed by atoms with E-state index in [9.17, 15) is 13.5 Å². The highest BCUT2D eigenvalue weighted by Crippen LogP contribution is 2.33. The van der Waals surface area contributed by atoms with Crippen LogP contribution < -0.4 is 0 Å². The normalized spacial score (nSPS) is 11.9. The van der Waals surface area contributed by atoms with E-state index in [2.05, 4.69) is 0 Å². The predicted molar refractivity (Wildman–Crippen MR) is 81.9 cm³/mol. The minimum absolute atomic E-state index is 0.0163. The van der Waals surface area contributed by atoms with E-state index in [1.54, 1.807) is 42.5 Å². The van der Waals surface area contributed by atoms with Gasteiger partial charge in [-0.15, -0.1) is 0 Å². The molecule has 0 radical (unpaired) electrons. The fraction of sp³-hybridized carbons (Fsp3) is 0.0667. The summed E-state index contributed by atoms with van der Waals surface area (Å²) in [4.78, 5) is 0.150. The number of aliphatic hydroxyl groups excluding tert-OH is 1. The first-order chi connectivity index (χ1) is 10.1. The molecule has 0 amide bonds. The lowest BCUT2D eigenvalue weighted by Gasteiger charge is -2.08. The van der Waals surface area contributed by atoms with E-state index in [4.69, 9.17) is 11.6 Å². The molecule has 0 atom stereocenters. The molecule has 0 aliphatic carbocycles. The lowest BCUT2D eigenvalue weighted by molar-refractivity contribution is 0.283. The van der Waals surface area contributed by atoms with Gasteiger partial charge in [-0.3, -0.25) is 0 Å². The number of benzene rings is 2. The van der Waals surface area contributed by atoms with Gasteiger partial charge in [-0.2, -0.15) is 0 Å². The average molecular weight is 322 g/mol. The third-order valence-corrected chi connectivity index (χ3v) is 5.54. The number of aromatic nitrogens is 1. The Balaban J connectivity index is 2.39. The highest BCUT2D eigenvalue weighted by atomic mass is 35.5. The van der Waals surface area contributed by atoms with Crippen LogP contribution in [-0.2, 0) is 16.6 Å². The molecule has 1 N–H and O–H groups in total. The molecule has 21 heavy (non-hydrogen) atoms. The minimum atomic E-state index is -3.81. The SMILES string of the molecule is O=S(=O)(c1ccccc1)n1c(Cl)c(CO)c2ccccc21. The van der Waals surface area contributed by atoms with E-state index in [1.165, 1.54) is 12.1 Å². The molecule has 2 aromatic carbocycles. The Morgan fingerprint density at radius 3 is 2.29 bits per heavy atom. The van der Waals surface area contributed by atoms with Gasteiger partial charge in [0.2, 0.25) is 0 Å². The van der Waals surface area contributed by atoms with E-state index in [1.807, 2.05) is 0 Å². The van der Waals surface area contributed by atoms with Crippen LogP contribution in [0, 0.1) is 0 Å². The number of rotatable bonds is 3. The van der Waals surface area contributed by atoms with E-state index in [0.717, 1.165) is 3.97 Å². The van der Waals surface area contributed by atoms with Gasteiger partial charge in [-0.25, -0.2) is 12.4 Å². The topological polar surface area (TPSA) is 59.3 Å². The maximum atomic E-state index is 12.8. The lowest BCUT2D eigenvalue weighted by Crippen LogP contribution is -2.13. The molecule has 0 bridgehead atoms. The minimum Gasteiger partial charge on any atom is -0.392 e. The molecule has 4 nitrogen and oxygen atoms in total. The van der Waals surface area contributed by atoms with Crippen molar-refractivity contribution >= 4 is 32.5 Å². The van der Waals surface area contributed by atoms with Crippen LogP contribution in [0.4, 0.5) is 0 Å². The van der Waals surface area contributed by atoms with Crippen LogP contribution in [0.3, 0.4) is 0 Å². The van der Waals surface area contributed by atoms with Gasteiger partial charge in [0, 0.05) is 10.9 Å². The van der Waals surface area contributed by atoms with Gasteiger partial charge in [-0.1, -0.05) is 48.0 Å². The number of aliphatic hydroxyl groups is 1. The van der Waals surface area contributed by atoms with E-state index >= 15 is 0 Å². The van der Waals surface area contributed by atoms with Crippen LogP contribution in [0.1, 0.15) is 5.56 Å². The van der Waals surface area contributed by atoms with Gasteiger partial charge >= 0.3 is 0 Å². The maximum Gasteiger partial charge on any atom is 0.269 e. The summed E-state index contributed by atoms with van der Waals surface area (Å²) >= 11 is 6.21. The number of fused-ring (bicyclic) bond motifs is 1. The second-order valence-corrected chi connectivity index (χ2v) is 6.67. The Morgan fingerprint density at radius 1 is 1.00 bits per heavy atom. The Morgan fingerprint density at radius 2 is 1.62 bits per heavy atom. The highest BCUT2D eigenvalue weighted by Gasteiger charge is 2.25. The van der Waals surface area contributed by atoms with Crippen molar-refractivity contribution in [2.75, 3.05) is 0 Å². The molecule has 0 saturated heterocycles. The van der Waals surface area contributed by atoms with E-state index in [0.29, 0.717) is 16.5 Å². The molecule has 0 saturated carbocycles. The zero-order valence-corrected chi connectivity index (χ0v) is 12.5. The average Bonchev–Trinajstić information content (AvgIpc) is 2.80. The van der Waals surface area contributed by atoms with Crippen molar-refractivity contribution in [3.8, 4) is 0 Å². The first kappa shape index (κ1) is 14.1. The summed E-state index contributed by atoms with van der Waals surface area (Å²) in [7, 11) is -3.81. The largest absolute Gasteiger partial charge is 0.392 e. The van der Waals surface area contributed by atoms with Gasteiger partial charge < -0.3 is 5.11 Å². The fourth-order valence-corrected chi connectivity index (χ4v) is 4.31. The summed E-state index contributed by atoms with van der Waals surface area (Å²) < 4.78 is 26.7. The molecule has 0 aliphatic rings. The number of hydrogen-bond acceptors (Lipinski definition) is 3. The predicted octanol–water partition coefficient (Wildman–Crippen LogP) is 3.02. The number of hydrogen-bond donors (Lipinski definition) is 1. The van der Waals surface area contributed by atoms with Crippen molar-refractivity contribution in [1.82, 2.24) is 3.97 Å². The zero-order valence-electron chi connectivity index (χ0n) is 10.9. The molecular weight excluding hydrogens is 310 g/mol. The Bertz CT molecular complexity index is 901. The summed E-state index contributed by atoms with van der Waals surface area (Å²) in [6.07, 6.45) is 0. The van der Waals surface area contributed by atoms with Gasteiger partial charge in [0.05, 0.1) is 17.0 Å². The molecule has 1 heterocycles. The van der Waals surface area contributed by atoms with Crippen molar-refractivity contribution in [2.24, 2.45) is 0 Å². The molecule has 3 aromatic rings. The molecule has 0 aliphatic heterocycles. The lowest BCUT2D eigenvalue weighted by atomic mass is 10.2. The van der Waals surface area contributed by atoms with Crippen molar-refractivity contribution in [1.29, 1.82) is 0 Å². The van der Waals surface area contributed by atoms with Crippen LogP contribution in [0.15, 0.2) is 59.5 Å². The first-order valence-corrected chi connectivity index (χ1v) is 8.08. The third-order valence-electron chi connectivity index (χ3n) is 3.31. The molecule has 108 valence electrons. The Kier molecular flexibility index (Phi) is 3.49. The van der Waals surface area contributed by atoms with Crippen LogP contribution in [0.2, 0.25) is 5.15 Å². The van der Waals surface area contributed by atoms with Crippen LogP contribution >= 0.6 is 11.6 Å². The van der Waals surface area contributed by atoms with Gasteiger partial charge in [-0.05, 0) is 18.2 Å². The molecular formula is C15H12ClNO3S. The Labute approximate surface area is 127 Å². The Hall–Kier alpha value is -1.82. The number of para-hydroxylation sites is 1. The quantitative estimate of drug-likeness (QED) is 0.806. The summed E-state index contributed by atoms with van der Waals surface area (Å²) in [6, 6.07) is 15.0. The number of nitrogens with zero attached hydrogens (tertiary/aromatic N) is 1. The molecule has 0 fully saturated rings. The third kappa shape index (κ3) is 2.14. The summed E-state index contributed by atoms with van der Waals surface area (Å²) in [6.45, 7) is -0.323. The highest BCUT2D eigenvalue weighted by molar-refractivity contribution is 7.90. The summed E-state index contributed by atoms with van der Waals surface area (Å²) in [5, 5.41) is 10.1. The monoisotopic (exact) mass is 321 g/mol. The van der Waals surface area contributed by atoms with Gasteiger partial charge in [0.1, 0.15) is 5.15 Å². The second kappa shape index (κ2) is 5.18. The van der Waals surface area contributed by atoms with Crippen LogP contribution in [0.25, 0.3) is 10.9 Å². The molecule has 0 spiro atoms. The summed E-state index contributed by atoms with van der Waals surface area (Å²) in [5.74, 6) is 0. The first-order valence-electron chi connectivity index (χ1n) is 6.26. The standard InChI is InChI=1S/C15H12ClNO3S/c16-15-13(10-18)12-8-4-5-9-14(12)17(15)21(19,20)11-6-2-1-3-7-11/h1-9,18H,10H2. The molecule has 3 rings (SSSR count).